The molecule has 0 spiro atoms. The zero-order valence-corrected chi connectivity index (χ0v) is 8.22. The van der Waals surface area contributed by atoms with E-state index in [0.717, 1.165) is 12.8 Å². The molecule has 0 aromatic carbocycles. The number of hydrogen-bond donors (Lipinski definition) is 0. The molecule has 70 valence electrons. The van der Waals surface area contributed by atoms with Gasteiger partial charge in [-0.1, -0.05) is 20.4 Å². The van der Waals surface area contributed by atoms with Crippen LogP contribution in [-0.4, -0.2) is 12.6 Å². The van der Waals surface area contributed by atoms with Gasteiger partial charge in [-0.3, -0.25) is 0 Å². The van der Waals surface area contributed by atoms with Crippen molar-refractivity contribution in [3.05, 3.63) is 12.2 Å². The molecular weight excluding hydrogens is 152 g/mol. The molecule has 12 heavy (non-hydrogen) atoms. The van der Waals surface area contributed by atoms with Gasteiger partial charge in [0.25, 0.3) is 0 Å². The summed E-state index contributed by atoms with van der Waals surface area (Å²) in [6.45, 7) is 10.1. The molecule has 0 aromatic rings. The van der Waals surface area contributed by atoms with Gasteiger partial charge in [0.05, 0.1) is 6.61 Å². The molecule has 0 saturated heterocycles. The molecule has 0 bridgehead atoms. The van der Waals surface area contributed by atoms with Crippen molar-refractivity contribution in [3.8, 4) is 0 Å². The van der Waals surface area contributed by atoms with Crippen molar-refractivity contribution in [1.29, 1.82) is 0 Å². The van der Waals surface area contributed by atoms with Crippen molar-refractivity contribution >= 4 is 5.97 Å². The van der Waals surface area contributed by atoms with E-state index in [0.29, 0.717) is 18.1 Å². The fraction of sp³-hybridized carbons (Fsp3) is 0.700. The molecule has 0 aliphatic carbocycles. The second-order valence-corrected chi connectivity index (χ2v) is 3.26. The van der Waals surface area contributed by atoms with E-state index in [1.807, 2.05) is 0 Å². The third kappa shape index (κ3) is 4.94. The van der Waals surface area contributed by atoms with Gasteiger partial charge in [-0.15, -0.1) is 0 Å². The molecule has 0 aliphatic heterocycles. The number of ether oxygens (including phenoxy) is 1. The molecule has 0 saturated carbocycles. The van der Waals surface area contributed by atoms with E-state index in [1.165, 1.54) is 0 Å². The number of hydrogen-bond acceptors (Lipinski definition) is 2. The van der Waals surface area contributed by atoms with Gasteiger partial charge in [0, 0.05) is 5.57 Å². The molecule has 2 nitrogen and oxygen atoms in total. The van der Waals surface area contributed by atoms with Crippen molar-refractivity contribution < 1.29 is 9.53 Å². The molecular formula is C10H18O2. The molecule has 0 fully saturated rings. The van der Waals surface area contributed by atoms with E-state index < -0.39 is 0 Å². The fourth-order valence-electron chi connectivity index (χ4n) is 0.798. The van der Waals surface area contributed by atoms with E-state index in [-0.39, 0.29) is 5.97 Å². The predicted octanol–water partition coefficient (Wildman–Crippen LogP) is 2.54. The van der Waals surface area contributed by atoms with Crippen LogP contribution >= 0.6 is 0 Å². The van der Waals surface area contributed by atoms with Crippen molar-refractivity contribution in [2.24, 2.45) is 5.92 Å². The van der Waals surface area contributed by atoms with Crippen LogP contribution in [0.1, 0.15) is 33.6 Å². The fourth-order valence-corrected chi connectivity index (χ4v) is 0.798. The highest BCUT2D eigenvalue weighted by atomic mass is 16.5. The van der Waals surface area contributed by atoms with E-state index in [2.05, 4.69) is 20.4 Å². The Morgan fingerprint density at radius 1 is 1.50 bits per heavy atom. The van der Waals surface area contributed by atoms with Crippen molar-refractivity contribution in [2.45, 2.75) is 33.6 Å². The van der Waals surface area contributed by atoms with Crippen LogP contribution in [0.2, 0.25) is 0 Å². The highest BCUT2D eigenvalue weighted by Gasteiger charge is 2.07. The average molecular weight is 170 g/mol. The van der Waals surface area contributed by atoms with E-state index >= 15 is 0 Å². The van der Waals surface area contributed by atoms with E-state index in [1.54, 1.807) is 6.92 Å². The van der Waals surface area contributed by atoms with Gasteiger partial charge >= 0.3 is 5.97 Å². The molecule has 0 rings (SSSR count). The van der Waals surface area contributed by atoms with E-state index in [4.69, 9.17) is 4.74 Å². The van der Waals surface area contributed by atoms with Crippen LogP contribution in [0.25, 0.3) is 0 Å². The van der Waals surface area contributed by atoms with Crippen molar-refractivity contribution in [1.82, 2.24) is 0 Å². The van der Waals surface area contributed by atoms with Gasteiger partial charge in [0.15, 0.2) is 0 Å². The quantitative estimate of drug-likeness (QED) is 0.468. The Balaban J connectivity index is 3.65. The van der Waals surface area contributed by atoms with Gasteiger partial charge in [-0.2, -0.15) is 0 Å². The van der Waals surface area contributed by atoms with Crippen LogP contribution < -0.4 is 0 Å². The Kier molecular flexibility index (Phi) is 5.43. The Hall–Kier alpha value is -0.790. The second-order valence-electron chi connectivity index (χ2n) is 3.26. The molecule has 0 aromatic heterocycles. The molecule has 0 radical (unpaired) electrons. The van der Waals surface area contributed by atoms with Crippen molar-refractivity contribution in [3.63, 3.8) is 0 Å². The highest BCUT2D eigenvalue weighted by molar-refractivity contribution is 5.87. The smallest absolute Gasteiger partial charge is 0.333 e. The summed E-state index contributed by atoms with van der Waals surface area (Å²) >= 11 is 0. The van der Waals surface area contributed by atoms with E-state index in [9.17, 15) is 4.79 Å². The molecule has 0 atom stereocenters. The van der Waals surface area contributed by atoms with Gasteiger partial charge < -0.3 is 4.74 Å². The summed E-state index contributed by atoms with van der Waals surface area (Å²) in [5.41, 5.74) is 0.588. The first kappa shape index (κ1) is 11.2. The normalized spacial score (nSPS) is 10.0. The first-order valence-electron chi connectivity index (χ1n) is 4.42. The average Bonchev–Trinajstić information content (AvgIpc) is 2.00. The third-order valence-corrected chi connectivity index (χ3v) is 1.59. The first-order valence-corrected chi connectivity index (χ1v) is 4.42. The lowest BCUT2D eigenvalue weighted by Crippen LogP contribution is -2.07. The molecule has 2 heteroatoms. The summed E-state index contributed by atoms with van der Waals surface area (Å²) in [4.78, 5) is 11.0. The van der Waals surface area contributed by atoms with Crippen LogP contribution in [0.3, 0.4) is 0 Å². The highest BCUT2D eigenvalue weighted by Crippen LogP contribution is 2.10. The number of carbonyl (C=O) groups excluding carboxylic acids is 1. The van der Waals surface area contributed by atoms with Gasteiger partial charge in [-0.05, 0) is 25.7 Å². The predicted molar refractivity (Wildman–Crippen MR) is 49.8 cm³/mol. The monoisotopic (exact) mass is 170 g/mol. The summed E-state index contributed by atoms with van der Waals surface area (Å²) < 4.78 is 4.80. The maximum atomic E-state index is 11.0. The molecule has 0 unspecified atom stereocenters. The maximum Gasteiger partial charge on any atom is 0.333 e. The van der Waals surface area contributed by atoms with Crippen LogP contribution in [0.15, 0.2) is 12.2 Å². The number of rotatable bonds is 5. The lowest BCUT2D eigenvalue weighted by Gasteiger charge is -2.06. The Labute approximate surface area is 74.6 Å². The number of esters is 1. The Morgan fingerprint density at radius 2 is 2.08 bits per heavy atom. The number of carbonyl (C=O) groups is 1. The molecule has 0 amide bonds. The summed E-state index contributed by atoms with van der Waals surface area (Å²) in [5.74, 6) is 0.356. The Morgan fingerprint density at radius 3 is 2.50 bits per heavy atom. The zero-order chi connectivity index (χ0) is 9.56. The summed E-state index contributed by atoms with van der Waals surface area (Å²) in [6.07, 6.45) is 1.74. The van der Waals surface area contributed by atoms with Crippen LogP contribution in [0.4, 0.5) is 0 Å². The van der Waals surface area contributed by atoms with Gasteiger partial charge in [0.2, 0.25) is 0 Å². The van der Waals surface area contributed by atoms with Crippen LogP contribution in [0.5, 0.6) is 0 Å². The first-order chi connectivity index (χ1) is 5.57. The maximum absolute atomic E-state index is 11.0. The van der Waals surface area contributed by atoms with Crippen LogP contribution in [0, 0.1) is 5.92 Å². The molecule has 0 N–H and O–H groups in total. The van der Waals surface area contributed by atoms with Crippen molar-refractivity contribution in [2.75, 3.05) is 6.61 Å². The standard InChI is InChI=1S/C10H18O2/c1-5-12-10(11)9(4)7-6-8(2)3/h8H,4-7H2,1-3H3. The van der Waals surface area contributed by atoms with Crippen LogP contribution in [-0.2, 0) is 9.53 Å². The lowest BCUT2D eigenvalue weighted by atomic mass is 10.0. The zero-order valence-electron chi connectivity index (χ0n) is 8.22. The van der Waals surface area contributed by atoms with Gasteiger partial charge in [0.1, 0.15) is 0 Å². The second kappa shape index (κ2) is 5.81. The molecule has 0 aliphatic rings. The Bertz CT molecular complexity index is 159. The SMILES string of the molecule is C=C(CCC(C)C)C(=O)OCC. The molecule has 0 heterocycles. The largest absolute Gasteiger partial charge is 0.463 e. The minimum absolute atomic E-state index is 0.252. The summed E-state index contributed by atoms with van der Waals surface area (Å²) in [7, 11) is 0. The van der Waals surface area contributed by atoms with Gasteiger partial charge in [-0.25, -0.2) is 4.79 Å². The minimum atomic E-state index is -0.252. The third-order valence-electron chi connectivity index (χ3n) is 1.59. The minimum Gasteiger partial charge on any atom is -0.463 e. The summed E-state index contributed by atoms with van der Waals surface area (Å²) in [5, 5.41) is 0. The summed E-state index contributed by atoms with van der Waals surface area (Å²) in [6, 6.07) is 0. The lowest BCUT2D eigenvalue weighted by molar-refractivity contribution is -0.138. The topological polar surface area (TPSA) is 26.3 Å².